The van der Waals surface area contributed by atoms with Crippen molar-refractivity contribution in [1.29, 1.82) is 0 Å². The maximum absolute atomic E-state index is 13.1. The number of carboxylic acids is 1. The van der Waals surface area contributed by atoms with Gasteiger partial charge in [-0.25, -0.2) is 8.42 Å². The summed E-state index contributed by atoms with van der Waals surface area (Å²) in [6, 6.07) is -2.09. The minimum atomic E-state index is -3.71. The second-order valence-corrected chi connectivity index (χ2v) is 11.9. The van der Waals surface area contributed by atoms with Crippen molar-refractivity contribution in [3.63, 3.8) is 0 Å². The Labute approximate surface area is 175 Å². The van der Waals surface area contributed by atoms with Gasteiger partial charge in [0.1, 0.15) is 17.5 Å². The minimum absolute atomic E-state index is 0.124. The molecule has 0 saturated carbocycles. The predicted octanol–water partition coefficient (Wildman–Crippen LogP) is -0.416. The summed E-state index contributed by atoms with van der Waals surface area (Å²) >= 11 is 0. The Hall–Kier alpha value is -2.17. The van der Waals surface area contributed by atoms with Crippen LogP contribution in [0.15, 0.2) is 0 Å². The molecule has 3 aliphatic heterocycles. The highest BCUT2D eigenvalue weighted by Gasteiger charge is 2.67. The number of carboxylic acid groups (broad SMARTS) is 1. The van der Waals surface area contributed by atoms with Gasteiger partial charge >= 0.3 is 5.97 Å². The van der Waals surface area contributed by atoms with Gasteiger partial charge in [-0.05, 0) is 32.6 Å². The van der Waals surface area contributed by atoms with Crippen LogP contribution in [-0.2, 0) is 29.0 Å². The SMILES string of the molecule is CC(C)C(NC(=O)C1N2C(=O)CC2S(=O)(=O)C1(C)C)C(=O)N1CCC(C(=O)O)CC1. The van der Waals surface area contributed by atoms with Crippen LogP contribution in [0.2, 0.25) is 0 Å². The molecule has 3 heterocycles. The van der Waals surface area contributed by atoms with Gasteiger partial charge in [-0.1, -0.05) is 13.8 Å². The molecule has 3 saturated heterocycles. The number of amides is 3. The van der Waals surface area contributed by atoms with Crippen LogP contribution in [0.25, 0.3) is 0 Å². The first-order valence-corrected chi connectivity index (χ1v) is 11.7. The van der Waals surface area contributed by atoms with Crippen molar-refractivity contribution in [3.8, 4) is 0 Å². The molecule has 0 aromatic rings. The molecule has 10 nitrogen and oxygen atoms in total. The van der Waals surface area contributed by atoms with Crippen molar-refractivity contribution in [2.45, 2.75) is 69.2 Å². The number of piperidine rings is 1. The molecule has 0 radical (unpaired) electrons. The van der Waals surface area contributed by atoms with E-state index in [2.05, 4.69) is 5.32 Å². The Morgan fingerprint density at radius 1 is 1.17 bits per heavy atom. The first-order valence-electron chi connectivity index (χ1n) is 10.2. The molecule has 3 unspecified atom stereocenters. The van der Waals surface area contributed by atoms with E-state index in [9.17, 15) is 27.6 Å². The van der Waals surface area contributed by atoms with Gasteiger partial charge in [0, 0.05) is 13.1 Å². The number of rotatable bonds is 5. The summed E-state index contributed by atoms with van der Waals surface area (Å²) in [5.74, 6) is -3.02. The summed E-state index contributed by atoms with van der Waals surface area (Å²) in [6.45, 7) is 6.96. The van der Waals surface area contributed by atoms with Crippen molar-refractivity contribution in [3.05, 3.63) is 0 Å². The van der Waals surface area contributed by atoms with E-state index in [1.54, 1.807) is 18.7 Å². The molecule has 0 bridgehead atoms. The van der Waals surface area contributed by atoms with Gasteiger partial charge in [-0.15, -0.1) is 0 Å². The standard InChI is InChI=1S/C19H29N3O7S/c1-10(2)14(17(25)21-7-5-11(6-8-21)18(26)27)20-16(24)15-19(3,4)30(28,29)13-9-12(23)22(13)15/h10-11,13-15H,5-9H2,1-4H3,(H,20,24)(H,26,27). The van der Waals surface area contributed by atoms with E-state index in [4.69, 9.17) is 5.11 Å². The van der Waals surface area contributed by atoms with Crippen molar-refractivity contribution >= 4 is 33.5 Å². The fourth-order valence-corrected chi connectivity index (χ4v) is 6.68. The third-order valence-electron chi connectivity index (χ3n) is 6.61. The van der Waals surface area contributed by atoms with Gasteiger partial charge in [0.15, 0.2) is 9.84 Å². The molecule has 11 heteroatoms. The highest BCUT2D eigenvalue weighted by Crippen LogP contribution is 2.45. The third-order valence-corrected chi connectivity index (χ3v) is 9.41. The molecule has 2 N–H and O–H groups in total. The van der Waals surface area contributed by atoms with E-state index in [0.717, 1.165) is 4.90 Å². The Bertz CT molecular complexity index is 875. The fraction of sp³-hybridized carbons (Fsp3) is 0.789. The summed E-state index contributed by atoms with van der Waals surface area (Å²) in [6.07, 6.45) is 0.565. The second kappa shape index (κ2) is 7.51. The number of nitrogens with one attached hydrogen (secondary N) is 1. The zero-order valence-electron chi connectivity index (χ0n) is 17.6. The second-order valence-electron chi connectivity index (χ2n) is 9.18. The molecule has 30 heavy (non-hydrogen) atoms. The van der Waals surface area contributed by atoms with Crippen LogP contribution in [0.5, 0.6) is 0 Å². The van der Waals surface area contributed by atoms with Gasteiger partial charge in [0.2, 0.25) is 17.7 Å². The van der Waals surface area contributed by atoms with Crippen LogP contribution >= 0.6 is 0 Å². The van der Waals surface area contributed by atoms with Crippen LogP contribution in [0.3, 0.4) is 0 Å². The summed E-state index contributed by atoms with van der Waals surface area (Å²) < 4.78 is 24.0. The van der Waals surface area contributed by atoms with E-state index in [1.807, 2.05) is 0 Å². The van der Waals surface area contributed by atoms with Gasteiger partial charge in [0.05, 0.1) is 17.1 Å². The third kappa shape index (κ3) is 3.36. The first kappa shape index (κ1) is 22.5. The molecule has 3 rings (SSSR count). The zero-order valence-corrected chi connectivity index (χ0v) is 18.4. The van der Waals surface area contributed by atoms with Gasteiger partial charge < -0.3 is 20.2 Å². The lowest BCUT2D eigenvalue weighted by atomic mass is 9.94. The Morgan fingerprint density at radius 3 is 2.20 bits per heavy atom. The monoisotopic (exact) mass is 443 g/mol. The minimum Gasteiger partial charge on any atom is -0.481 e. The number of hydrogen-bond acceptors (Lipinski definition) is 6. The number of nitrogens with zero attached hydrogens (tertiary/aromatic N) is 2. The largest absolute Gasteiger partial charge is 0.481 e. The Balaban J connectivity index is 1.75. The van der Waals surface area contributed by atoms with Gasteiger partial charge in [-0.3, -0.25) is 19.2 Å². The number of aliphatic carboxylic acids is 1. The molecule has 0 spiro atoms. The van der Waals surface area contributed by atoms with Crippen molar-refractivity contribution in [2.75, 3.05) is 13.1 Å². The number of fused-ring (bicyclic) bond motifs is 1. The van der Waals surface area contributed by atoms with Crippen molar-refractivity contribution < 1.29 is 32.7 Å². The molecule has 3 aliphatic rings. The zero-order chi connectivity index (χ0) is 22.6. The van der Waals surface area contributed by atoms with E-state index in [0.29, 0.717) is 12.8 Å². The molecular formula is C19H29N3O7S. The van der Waals surface area contributed by atoms with Crippen molar-refractivity contribution in [2.24, 2.45) is 11.8 Å². The number of β-lactam (4-membered cyclic amide) rings is 1. The molecule has 168 valence electrons. The van der Waals surface area contributed by atoms with E-state index >= 15 is 0 Å². The quantitative estimate of drug-likeness (QED) is 0.550. The summed E-state index contributed by atoms with van der Waals surface area (Å²) in [4.78, 5) is 52.0. The molecule has 3 amide bonds. The number of hydrogen-bond donors (Lipinski definition) is 2. The normalized spacial score (nSPS) is 28.6. The van der Waals surface area contributed by atoms with Crippen LogP contribution in [-0.4, -0.2) is 82.3 Å². The smallest absolute Gasteiger partial charge is 0.306 e. The van der Waals surface area contributed by atoms with Gasteiger partial charge in [0.25, 0.3) is 0 Å². The molecular weight excluding hydrogens is 414 g/mol. The molecule has 0 aliphatic carbocycles. The molecule has 0 aromatic carbocycles. The highest BCUT2D eigenvalue weighted by molar-refractivity contribution is 7.93. The highest BCUT2D eigenvalue weighted by atomic mass is 32.2. The fourth-order valence-electron chi connectivity index (χ4n) is 4.54. The predicted molar refractivity (Wildman–Crippen MR) is 106 cm³/mol. The lowest BCUT2D eigenvalue weighted by Crippen LogP contribution is -2.62. The van der Waals surface area contributed by atoms with Crippen LogP contribution in [0, 0.1) is 11.8 Å². The van der Waals surface area contributed by atoms with Crippen molar-refractivity contribution in [1.82, 2.24) is 15.1 Å². The Kier molecular flexibility index (Phi) is 5.63. The summed E-state index contributed by atoms with van der Waals surface area (Å²) in [5, 5.41) is 10.8. The van der Waals surface area contributed by atoms with E-state index in [-0.39, 0.29) is 31.3 Å². The van der Waals surface area contributed by atoms with Crippen LogP contribution in [0.4, 0.5) is 0 Å². The molecule has 3 atom stereocenters. The molecule has 3 fully saturated rings. The average Bonchev–Trinajstić information content (AvgIpc) is 2.78. The summed E-state index contributed by atoms with van der Waals surface area (Å²) in [7, 11) is -3.71. The maximum atomic E-state index is 13.1. The van der Waals surface area contributed by atoms with Gasteiger partial charge in [-0.2, -0.15) is 0 Å². The topological polar surface area (TPSA) is 141 Å². The average molecular weight is 444 g/mol. The Morgan fingerprint density at radius 2 is 1.73 bits per heavy atom. The number of sulfone groups is 1. The lowest BCUT2D eigenvalue weighted by molar-refractivity contribution is -0.151. The summed E-state index contributed by atoms with van der Waals surface area (Å²) in [5.41, 5.74) is 0. The molecule has 0 aromatic heterocycles. The number of likely N-dealkylation sites (tertiary alicyclic amines) is 1. The first-order chi connectivity index (χ1) is 13.8. The van der Waals surface area contributed by atoms with E-state index in [1.165, 1.54) is 13.8 Å². The van der Waals surface area contributed by atoms with Crippen LogP contribution < -0.4 is 5.32 Å². The maximum Gasteiger partial charge on any atom is 0.306 e. The number of carbonyl (C=O) groups is 4. The lowest BCUT2D eigenvalue weighted by Gasteiger charge is -2.38. The number of carbonyl (C=O) groups excluding carboxylic acids is 3. The van der Waals surface area contributed by atoms with E-state index < -0.39 is 55.7 Å². The van der Waals surface area contributed by atoms with Crippen LogP contribution in [0.1, 0.15) is 47.0 Å².